The standard InChI is InChI=1S/C46H32N8O16S4.Na/c55-43-35(23-39(73(65,66)67)33-3-1-19-47-41(33)43)53-51-29-13-9-27(10-14-29)45(57)49-31-17-7-25(37(21-31)71(59,60)61)5-6-26-8-18-32(22-38(26)72(62,63)64)50-46(58)28-11-15-30(16-12-28)52-54-36-24-40(74(68,69)70)34-4-2-20-48-42(34)44(36)56;/h1-24,55-56H,(H,49,57)(H,50,58)(H,59,60,61)(H,62,63,64)(H,65,66,67)(H,68,69,70);/q;+1/b6-5+,53-51?,54-52?;. The molecule has 0 atom stereocenters. The zero-order valence-corrected chi connectivity index (χ0v) is 43.2. The normalized spacial score (nSPS) is 12.4. The van der Waals surface area contributed by atoms with E-state index in [9.17, 15) is 71.7 Å². The number of aromatic hydroxyl groups is 2. The average molecular weight is 1100 g/mol. The van der Waals surface area contributed by atoms with Crippen LogP contribution in [0.4, 0.5) is 34.1 Å². The first-order chi connectivity index (χ1) is 34.8. The number of rotatable bonds is 14. The summed E-state index contributed by atoms with van der Waals surface area (Å²) in [6, 6.07) is 24.6. The van der Waals surface area contributed by atoms with Crippen molar-refractivity contribution in [1.82, 2.24) is 9.97 Å². The zero-order chi connectivity index (χ0) is 53.3. The molecule has 0 saturated carbocycles. The fraction of sp³-hybridized carbons (Fsp3) is 0. The summed E-state index contributed by atoms with van der Waals surface area (Å²) in [6.07, 6.45) is 4.79. The maximum absolute atomic E-state index is 13.2. The molecule has 29 heteroatoms. The second-order valence-electron chi connectivity index (χ2n) is 15.4. The summed E-state index contributed by atoms with van der Waals surface area (Å²) in [4.78, 5) is 31.7. The third kappa shape index (κ3) is 12.6. The van der Waals surface area contributed by atoms with E-state index in [-0.39, 0.29) is 108 Å². The molecule has 0 aliphatic rings. The predicted octanol–water partition coefficient (Wildman–Crippen LogP) is 5.69. The Kier molecular flexibility index (Phi) is 15.9. The van der Waals surface area contributed by atoms with Crippen LogP contribution in [0.1, 0.15) is 31.8 Å². The number of pyridine rings is 2. The van der Waals surface area contributed by atoms with Crippen molar-refractivity contribution in [1.29, 1.82) is 0 Å². The molecule has 2 heterocycles. The number of benzene rings is 6. The molecule has 0 aliphatic heterocycles. The minimum absolute atomic E-state index is 0. The average Bonchev–Trinajstić information content (AvgIpc) is 3.35. The first-order valence-electron chi connectivity index (χ1n) is 20.6. The molecule has 0 aliphatic carbocycles. The molecule has 8 N–H and O–H groups in total. The Morgan fingerprint density at radius 2 is 0.800 bits per heavy atom. The number of phenols is 2. The summed E-state index contributed by atoms with van der Waals surface area (Å²) in [5.41, 5.74) is -1.26. The molecule has 6 aromatic carbocycles. The number of nitrogens with zero attached hydrogens (tertiary/aromatic N) is 6. The van der Waals surface area contributed by atoms with Gasteiger partial charge in [0.25, 0.3) is 52.3 Å². The molecule has 0 saturated heterocycles. The molecule has 0 bridgehead atoms. The number of azo groups is 2. The molecule has 2 amide bonds. The van der Waals surface area contributed by atoms with E-state index in [1.54, 1.807) is 0 Å². The van der Waals surface area contributed by atoms with Gasteiger partial charge in [0.15, 0.2) is 11.5 Å². The number of fused-ring (bicyclic) bond motifs is 2. The smallest absolute Gasteiger partial charge is 0.504 e. The van der Waals surface area contributed by atoms with Gasteiger partial charge in [-0.2, -0.15) is 43.9 Å². The minimum Gasteiger partial charge on any atom is -0.504 e. The van der Waals surface area contributed by atoms with Gasteiger partial charge in [0.1, 0.15) is 42.0 Å². The van der Waals surface area contributed by atoms with E-state index in [1.165, 1.54) is 109 Å². The molecule has 8 aromatic rings. The second kappa shape index (κ2) is 21.6. The van der Waals surface area contributed by atoms with Crippen LogP contribution in [0, 0.1) is 0 Å². The Bertz CT molecular complexity index is 3930. The maximum Gasteiger partial charge on any atom is 1.00 e. The van der Waals surface area contributed by atoms with E-state index in [4.69, 9.17) is 0 Å². The molecular formula is C46H32N8NaO16S4+. The van der Waals surface area contributed by atoms with Crippen LogP contribution in [-0.4, -0.2) is 83.9 Å². The monoisotopic (exact) mass is 1100 g/mol. The Labute approximate surface area is 446 Å². The molecule has 2 aromatic heterocycles. The van der Waals surface area contributed by atoms with Gasteiger partial charge in [0.2, 0.25) is 0 Å². The van der Waals surface area contributed by atoms with Crippen molar-refractivity contribution < 1.29 is 101 Å². The molecule has 75 heavy (non-hydrogen) atoms. The van der Waals surface area contributed by atoms with Crippen molar-refractivity contribution in [3.8, 4) is 11.5 Å². The van der Waals surface area contributed by atoms with Crippen LogP contribution in [-0.2, 0) is 40.5 Å². The Morgan fingerprint density at radius 3 is 1.13 bits per heavy atom. The Balaban J connectivity index is 0.00000820. The van der Waals surface area contributed by atoms with Crippen molar-refractivity contribution >= 4 is 120 Å². The van der Waals surface area contributed by atoms with Gasteiger partial charge in [-0.3, -0.25) is 37.8 Å². The number of amides is 2. The second-order valence-corrected chi connectivity index (χ2v) is 21.0. The number of anilines is 2. The quantitative estimate of drug-likeness (QED) is 0.0280. The van der Waals surface area contributed by atoms with Gasteiger partial charge in [-0.15, -0.1) is 10.2 Å². The summed E-state index contributed by atoms with van der Waals surface area (Å²) in [7, 11) is -19.5. The van der Waals surface area contributed by atoms with Crippen molar-refractivity contribution in [2.24, 2.45) is 20.5 Å². The van der Waals surface area contributed by atoms with Crippen LogP contribution in [0.2, 0.25) is 0 Å². The topological polar surface area (TPSA) is 391 Å². The first-order valence-corrected chi connectivity index (χ1v) is 26.3. The van der Waals surface area contributed by atoms with E-state index < -0.39 is 83.4 Å². The zero-order valence-electron chi connectivity index (χ0n) is 37.9. The van der Waals surface area contributed by atoms with Gasteiger partial charge in [-0.05, 0) is 120 Å². The van der Waals surface area contributed by atoms with E-state index in [1.807, 2.05) is 0 Å². The van der Waals surface area contributed by atoms with Crippen LogP contribution in [0.3, 0.4) is 0 Å². The molecule has 0 spiro atoms. The largest absolute Gasteiger partial charge is 1.00 e. The number of carbonyl (C=O) groups excluding carboxylic acids is 2. The Morgan fingerprint density at radius 1 is 0.453 bits per heavy atom. The number of phenolic OH excluding ortho intramolecular Hbond substituents is 2. The van der Waals surface area contributed by atoms with Crippen LogP contribution in [0.5, 0.6) is 11.5 Å². The van der Waals surface area contributed by atoms with Crippen LogP contribution in [0.15, 0.2) is 174 Å². The van der Waals surface area contributed by atoms with Crippen molar-refractivity contribution in [2.75, 3.05) is 10.6 Å². The fourth-order valence-corrected chi connectivity index (χ4v) is 9.89. The number of hydrogen-bond acceptors (Lipinski definition) is 18. The summed E-state index contributed by atoms with van der Waals surface area (Å²) in [5.74, 6) is -2.54. The number of carbonyl (C=O) groups is 2. The van der Waals surface area contributed by atoms with Crippen molar-refractivity contribution in [3.63, 3.8) is 0 Å². The third-order valence-electron chi connectivity index (χ3n) is 10.5. The first kappa shape index (κ1) is 55.0. The van der Waals surface area contributed by atoms with Crippen molar-refractivity contribution in [2.45, 2.75) is 19.6 Å². The summed E-state index contributed by atoms with van der Waals surface area (Å²) >= 11 is 0. The summed E-state index contributed by atoms with van der Waals surface area (Å²) < 4.78 is 138. The van der Waals surface area contributed by atoms with Crippen molar-refractivity contribution in [3.05, 3.63) is 156 Å². The van der Waals surface area contributed by atoms with Gasteiger partial charge in [-0.25, -0.2) is 0 Å². The number of aromatic nitrogens is 2. The van der Waals surface area contributed by atoms with Crippen LogP contribution in [0.25, 0.3) is 34.0 Å². The maximum atomic E-state index is 13.2. The molecule has 24 nitrogen and oxygen atoms in total. The SMILES string of the molecule is O=C(Nc1ccc(/C=C/c2ccc(NC(=O)c3ccc(N=Nc4cc(S(=O)(=O)O)c5cccnc5c4O)cc3)cc2S(=O)(=O)O)c(S(=O)(=O)O)c1)c1ccc(N=Nc2cc(S(=O)(=O)O)c3cccnc3c2O)cc1.[Na+]. The molecule has 0 radical (unpaired) electrons. The molecule has 8 rings (SSSR count). The molecule has 0 fully saturated rings. The van der Waals surface area contributed by atoms with E-state index in [2.05, 4.69) is 41.1 Å². The van der Waals surface area contributed by atoms with Gasteiger partial charge >= 0.3 is 29.6 Å². The molecular weight excluding hydrogens is 1070 g/mol. The number of hydrogen-bond donors (Lipinski definition) is 8. The summed E-state index contributed by atoms with van der Waals surface area (Å²) in [6.45, 7) is 0. The van der Waals surface area contributed by atoms with Gasteiger partial charge in [0, 0.05) is 45.7 Å². The van der Waals surface area contributed by atoms with Gasteiger partial charge in [0.05, 0.1) is 11.4 Å². The molecule has 376 valence electrons. The fourth-order valence-electron chi connectivity index (χ4n) is 7.06. The van der Waals surface area contributed by atoms with E-state index in [0.29, 0.717) is 0 Å². The predicted molar refractivity (Wildman–Crippen MR) is 265 cm³/mol. The van der Waals surface area contributed by atoms with Crippen LogP contribution >= 0.6 is 0 Å². The summed E-state index contributed by atoms with van der Waals surface area (Å²) in [5, 5.41) is 41.8. The van der Waals surface area contributed by atoms with Gasteiger partial charge in [-0.1, -0.05) is 24.3 Å². The minimum atomic E-state index is -5.00. The number of nitrogens with one attached hydrogen (secondary N) is 2. The van der Waals surface area contributed by atoms with Crippen LogP contribution < -0.4 is 40.2 Å². The Hall–Kier alpha value is -7.74. The van der Waals surface area contributed by atoms with E-state index >= 15 is 0 Å². The van der Waals surface area contributed by atoms with Gasteiger partial charge < -0.3 is 20.8 Å². The third-order valence-corrected chi connectivity index (χ3v) is 14.1. The van der Waals surface area contributed by atoms with E-state index in [0.717, 1.165) is 36.4 Å². The molecule has 0 unspecified atom stereocenters.